The minimum atomic E-state index is -0.387. The summed E-state index contributed by atoms with van der Waals surface area (Å²) in [5.74, 6) is -0.575. The first kappa shape index (κ1) is 24.2. The molecule has 4 rings (SSSR count). The van der Waals surface area contributed by atoms with E-state index in [0.717, 1.165) is 23.1 Å². The van der Waals surface area contributed by atoms with Gasteiger partial charge in [-0.25, -0.2) is 0 Å². The Kier molecular flexibility index (Phi) is 7.60. The zero-order valence-electron chi connectivity index (χ0n) is 20.2. The van der Waals surface area contributed by atoms with Crippen LogP contribution in [0.25, 0.3) is 0 Å². The Labute approximate surface area is 205 Å². The number of aromatic nitrogens is 2. The van der Waals surface area contributed by atoms with E-state index in [0.29, 0.717) is 31.9 Å². The standard InChI is InChI=1S/C27H31N5O3/c1-20-9-6-7-12-22(20)19-31-15-8-16-32-24(27(31)35)17-23(29-32)26(34)28-14-13-25(33)30(2)18-21-10-4-3-5-11-21/h3-7,9-12,17H,8,13-16,18-19H2,1-2H3,(H,28,34). The molecule has 8 nitrogen and oxygen atoms in total. The molecule has 2 heterocycles. The van der Waals surface area contributed by atoms with Gasteiger partial charge in [0.2, 0.25) is 5.91 Å². The van der Waals surface area contributed by atoms with Crippen molar-refractivity contribution in [1.82, 2.24) is 24.9 Å². The molecule has 35 heavy (non-hydrogen) atoms. The fourth-order valence-electron chi connectivity index (χ4n) is 4.20. The van der Waals surface area contributed by atoms with Crippen molar-refractivity contribution in [3.05, 3.63) is 88.7 Å². The minimum absolute atomic E-state index is 0.0585. The number of rotatable bonds is 8. The summed E-state index contributed by atoms with van der Waals surface area (Å²) in [6.07, 6.45) is 0.946. The Morgan fingerprint density at radius 2 is 1.80 bits per heavy atom. The maximum Gasteiger partial charge on any atom is 0.272 e. The summed E-state index contributed by atoms with van der Waals surface area (Å²) in [6, 6.07) is 19.3. The van der Waals surface area contributed by atoms with Crippen molar-refractivity contribution in [2.24, 2.45) is 0 Å². The fourth-order valence-corrected chi connectivity index (χ4v) is 4.20. The topological polar surface area (TPSA) is 87.5 Å². The molecule has 0 saturated heterocycles. The third-order valence-electron chi connectivity index (χ3n) is 6.25. The van der Waals surface area contributed by atoms with Crippen molar-refractivity contribution < 1.29 is 14.4 Å². The molecule has 0 spiro atoms. The maximum absolute atomic E-state index is 13.2. The summed E-state index contributed by atoms with van der Waals surface area (Å²) in [6.45, 7) is 4.48. The molecule has 2 aromatic carbocycles. The van der Waals surface area contributed by atoms with E-state index in [1.54, 1.807) is 22.7 Å². The SMILES string of the molecule is Cc1ccccc1CN1CCCn2nc(C(=O)NCCC(=O)N(C)Cc3ccccc3)cc2C1=O. The number of benzene rings is 2. The highest BCUT2D eigenvalue weighted by atomic mass is 16.2. The van der Waals surface area contributed by atoms with Crippen LogP contribution in [0.3, 0.4) is 0 Å². The second-order valence-electron chi connectivity index (χ2n) is 8.89. The molecule has 1 aliphatic heterocycles. The number of fused-ring (bicyclic) bond motifs is 1. The molecule has 0 bridgehead atoms. The average Bonchev–Trinajstić information content (AvgIpc) is 3.23. The molecule has 3 aromatic rings. The molecular formula is C27H31N5O3. The highest BCUT2D eigenvalue weighted by Crippen LogP contribution is 2.18. The molecule has 1 N–H and O–H groups in total. The summed E-state index contributed by atoms with van der Waals surface area (Å²) in [4.78, 5) is 41.8. The summed E-state index contributed by atoms with van der Waals surface area (Å²) < 4.78 is 1.62. The van der Waals surface area contributed by atoms with Crippen LogP contribution >= 0.6 is 0 Å². The van der Waals surface area contributed by atoms with Crippen LogP contribution in [-0.2, 0) is 24.4 Å². The van der Waals surface area contributed by atoms with Crippen LogP contribution in [0.15, 0.2) is 60.7 Å². The molecule has 1 aromatic heterocycles. The second kappa shape index (κ2) is 11.0. The fraction of sp³-hybridized carbons (Fsp3) is 0.333. The van der Waals surface area contributed by atoms with Gasteiger partial charge in [0.15, 0.2) is 5.69 Å². The van der Waals surface area contributed by atoms with Gasteiger partial charge in [-0.1, -0.05) is 54.6 Å². The molecule has 0 radical (unpaired) electrons. The second-order valence-corrected chi connectivity index (χ2v) is 8.89. The van der Waals surface area contributed by atoms with Gasteiger partial charge in [-0.2, -0.15) is 5.10 Å². The van der Waals surface area contributed by atoms with E-state index in [-0.39, 0.29) is 36.4 Å². The third-order valence-corrected chi connectivity index (χ3v) is 6.25. The average molecular weight is 474 g/mol. The number of carbonyl (C=O) groups excluding carboxylic acids is 3. The van der Waals surface area contributed by atoms with Crippen molar-refractivity contribution in [3.63, 3.8) is 0 Å². The monoisotopic (exact) mass is 473 g/mol. The van der Waals surface area contributed by atoms with E-state index >= 15 is 0 Å². The first-order valence-electron chi connectivity index (χ1n) is 11.9. The van der Waals surface area contributed by atoms with Gasteiger partial charge >= 0.3 is 0 Å². The molecule has 3 amide bonds. The van der Waals surface area contributed by atoms with Crippen molar-refractivity contribution in [1.29, 1.82) is 0 Å². The third kappa shape index (κ3) is 5.95. The lowest BCUT2D eigenvalue weighted by molar-refractivity contribution is -0.130. The molecule has 1 aliphatic rings. The lowest BCUT2D eigenvalue weighted by Crippen LogP contribution is -2.32. The van der Waals surface area contributed by atoms with Crippen molar-refractivity contribution in [2.45, 2.75) is 39.4 Å². The Morgan fingerprint density at radius 1 is 1.06 bits per heavy atom. The molecule has 0 unspecified atom stereocenters. The summed E-state index contributed by atoms with van der Waals surface area (Å²) in [7, 11) is 1.75. The van der Waals surface area contributed by atoms with Gasteiger partial charge < -0.3 is 15.1 Å². The summed E-state index contributed by atoms with van der Waals surface area (Å²) in [5, 5.41) is 7.13. The maximum atomic E-state index is 13.2. The highest BCUT2D eigenvalue weighted by molar-refractivity contribution is 5.98. The lowest BCUT2D eigenvalue weighted by atomic mass is 10.1. The Morgan fingerprint density at radius 3 is 2.57 bits per heavy atom. The van der Waals surface area contributed by atoms with E-state index in [9.17, 15) is 14.4 Å². The molecule has 0 aliphatic carbocycles. The normalized spacial score (nSPS) is 13.2. The predicted octanol–water partition coefficient (Wildman–Crippen LogP) is 3.02. The van der Waals surface area contributed by atoms with Gasteiger partial charge in [0.1, 0.15) is 5.69 Å². The lowest BCUT2D eigenvalue weighted by Gasteiger charge is -2.21. The number of hydrogen-bond donors (Lipinski definition) is 1. The van der Waals surface area contributed by atoms with Crippen molar-refractivity contribution in [2.75, 3.05) is 20.1 Å². The zero-order chi connectivity index (χ0) is 24.8. The number of hydrogen-bond acceptors (Lipinski definition) is 4. The van der Waals surface area contributed by atoms with Gasteiger partial charge in [0, 0.05) is 52.3 Å². The first-order chi connectivity index (χ1) is 16.9. The first-order valence-corrected chi connectivity index (χ1v) is 11.9. The quantitative estimate of drug-likeness (QED) is 0.545. The minimum Gasteiger partial charge on any atom is -0.350 e. The Bertz CT molecular complexity index is 1200. The van der Waals surface area contributed by atoms with E-state index in [1.165, 1.54) is 0 Å². The van der Waals surface area contributed by atoms with Gasteiger partial charge in [0.25, 0.3) is 11.8 Å². The van der Waals surface area contributed by atoms with Gasteiger partial charge in [-0.3, -0.25) is 19.1 Å². The van der Waals surface area contributed by atoms with Gasteiger partial charge in [-0.05, 0) is 30.0 Å². The highest BCUT2D eigenvalue weighted by Gasteiger charge is 2.26. The van der Waals surface area contributed by atoms with Crippen LogP contribution < -0.4 is 5.32 Å². The molecule has 0 fully saturated rings. The van der Waals surface area contributed by atoms with Crippen LogP contribution in [0.1, 0.15) is 50.5 Å². The van der Waals surface area contributed by atoms with Crippen molar-refractivity contribution >= 4 is 17.7 Å². The zero-order valence-corrected chi connectivity index (χ0v) is 20.2. The molecule has 8 heteroatoms. The number of carbonyl (C=O) groups is 3. The van der Waals surface area contributed by atoms with Crippen LogP contribution in [0.4, 0.5) is 0 Å². The predicted molar refractivity (Wildman–Crippen MR) is 133 cm³/mol. The molecule has 182 valence electrons. The summed E-state index contributed by atoms with van der Waals surface area (Å²) in [5.41, 5.74) is 3.90. The number of amides is 3. The van der Waals surface area contributed by atoms with E-state index in [2.05, 4.69) is 10.4 Å². The van der Waals surface area contributed by atoms with Gasteiger partial charge in [-0.15, -0.1) is 0 Å². The largest absolute Gasteiger partial charge is 0.350 e. The van der Waals surface area contributed by atoms with Gasteiger partial charge in [0.05, 0.1) is 0 Å². The van der Waals surface area contributed by atoms with E-state index in [1.807, 2.05) is 66.4 Å². The number of aryl methyl sites for hydroxylation is 2. The molecule has 0 atom stereocenters. The smallest absolute Gasteiger partial charge is 0.272 e. The number of nitrogens with zero attached hydrogens (tertiary/aromatic N) is 4. The number of nitrogens with one attached hydrogen (secondary N) is 1. The Balaban J connectivity index is 1.33. The van der Waals surface area contributed by atoms with E-state index < -0.39 is 0 Å². The Hall–Kier alpha value is -3.94. The van der Waals surface area contributed by atoms with E-state index in [4.69, 9.17) is 0 Å². The van der Waals surface area contributed by atoms with Crippen molar-refractivity contribution in [3.8, 4) is 0 Å². The van der Waals surface area contributed by atoms with Crippen LogP contribution in [0, 0.1) is 6.92 Å². The molecule has 0 saturated carbocycles. The summed E-state index contributed by atoms with van der Waals surface area (Å²) >= 11 is 0. The van der Waals surface area contributed by atoms with Crippen LogP contribution in [0.2, 0.25) is 0 Å². The van der Waals surface area contributed by atoms with Crippen LogP contribution in [-0.4, -0.2) is 57.4 Å². The molecular weight excluding hydrogens is 442 g/mol. The van der Waals surface area contributed by atoms with Crippen LogP contribution in [0.5, 0.6) is 0 Å².